The Labute approximate surface area is 159 Å². The highest BCUT2D eigenvalue weighted by Crippen LogP contribution is 2.36. The molecule has 0 saturated carbocycles. The molecule has 0 aliphatic rings. The lowest BCUT2D eigenvalue weighted by molar-refractivity contribution is 0.411. The largest absolute Gasteiger partial charge is 0.496 e. The molecule has 4 rings (SSSR count). The topological polar surface area (TPSA) is 87.1 Å². The van der Waals surface area contributed by atoms with E-state index in [1.54, 1.807) is 7.11 Å². The molecule has 0 radical (unpaired) electrons. The molecule has 2 aromatic heterocycles. The minimum Gasteiger partial charge on any atom is -0.496 e. The van der Waals surface area contributed by atoms with E-state index in [0.29, 0.717) is 28.6 Å². The Kier molecular flexibility index (Phi) is 4.88. The van der Waals surface area contributed by atoms with Crippen molar-refractivity contribution < 1.29 is 13.6 Å². The van der Waals surface area contributed by atoms with Gasteiger partial charge in [-0.15, -0.1) is 20.4 Å². The molecule has 2 heterocycles. The maximum absolute atomic E-state index is 5.78. The van der Waals surface area contributed by atoms with E-state index in [0.717, 1.165) is 11.1 Å². The van der Waals surface area contributed by atoms with Gasteiger partial charge in [-0.05, 0) is 31.2 Å². The van der Waals surface area contributed by atoms with Crippen LogP contribution in [0.2, 0.25) is 0 Å². The average Bonchev–Trinajstić information content (AvgIpc) is 3.38. The van der Waals surface area contributed by atoms with Crippen LogP contribution in [0.4, 0.5) is 0 Å². The van der Waals surface area contributed by atoms with Gasteiger partial charge in [-0.2, -0.15) is 0 Å². The van der Waals surface area contributed by atoms with Crippen LogP contribution in [0, 0.1) is 0 Å². The van der Waals surface area contributed by atoms with Crippen LogP contribution in [0.25, 0.3) is 22.9 Å². The van der Waals surface area contributed by atoms with E-state index in [9.17, 15) is 0 Å². The van der Waals surface area contributed by atoms with Crippen molar-refractivity contribution in [2.75, 3.05) is 7.11 Å². The second-order valence-electron chi connectivity index (χ2n) is 5.64. The van der Waals surface area contributed by atoms with Gasteiger partial charge in [0, 0.05) is 5.56 Å². The third-order valence-corrected chi connectivity index (χ3v) is 4.75. The molecule has 1 atom stereocenters. The number of hydrogen-bond acceptors (Lipinski definition) is 8. The van der Waals surface area contributed by atoms with Crippen LogP contribution in [-0.2, 0) is 0 Å². The van der Waals surface area contributed by atoms with Crippen LogP contribution in [0.1, 0.15) is 18.1 Å². The molecule has 0 aliphatic carbocycles. The fourth-order valence-corrected chi connectivity index (χ4v) is 3.20. The van der Waals surface area contributed by atoms with E-state index in [1.807, 2.05) is 61.5 Å². The molecule has 8 heteroatoms. The molecule has 27 heavy (non-hydrogen) atoms. The molecule has 0 spiro atoms. The number of benzene rings is 2. The van der Waals surface area contributed by atoms with Gasteiger partial charge >= 0.3 is 0 Å². The van der Waals surface area contributed by atoms with Gasteiger partial charge in [-0.1, -0.05) is 42.1 Å². The van der Waals surface area contributed by atoms with Crippen molar-refractivity contribution in [1.29, 1.82) is 0 Å². The maximum atomic E-state index is 5.78. The summed E-state index contributed by atoms with van der Waals surface area (Å²) in [6.07, 6.45) is 0. The van der Waals surface area contributed by atoms with E-state index < -0.39 is 0 Å². The SMILES string of the molecule is COc1ccccc1-c1nnc(SC(C)c2nnc(-c3ccccc3)o2)o1. The summed E-state index contributed by atoms with van der Waals surface area (Å²) < 4.78 is 16.9. The highest BCUT2D eigenvalue weighted by molar-refractivity contribution is 7.99. The van der Waals surface area contributed by atoms with Gasteiger partial charge in [-0.25, -0.2) is 0 Å². The number of thioether (sulfide) groups is 1. The average molecular weight is 380 g/mol. The summed E-state index contributed by atoms with van der Waals surface area (Å²) in [6.45, 7) is 1.94. The molecule has 0 aliphatic heterocycles. The summed E-state index contributed by atoms with van der Waals surface area (Å²) in [5, 5.41) is 16.7. The summed E-state index contributed by atoms with van der Waals surface area (Å²) in [6, 6.07) is 17.1. The molecule has 7 nitrogen and oxygen atoms in total. The van der Waals surface area contributed by atoms with Crippen LogP contribution in [0.3, 0.4) is 0 Å². The summed E-state index contributed by atoms with van der Waals surface area (Å²) in [7, 11) is 1.60. The molecule has 0 bridgehead atoms. The van der Waals surface area contributed by atoms with Crippen molar-refractivity contribution in [2.24, 2.45) is 0 Å². The Balaban J connectivity index is 1.50. The lowest BCUT2D eigenvalue weighted by Gasteiger charge is -2.04. The summed E-state index contributed by atoms with van der Waals surface area (Å²) >= 11 is 1.36. The third-order valence-electron chi connectivity index (χ3n) is 3.83. The summed E-state index contributed by atoms with van der Waals surface area (Å²) in [5.41, 5.74) is 1.63. The van der Waals surface area contributed by atoms with Crippen molar-refractivity contribution >= 4 is 11.8 Å². The Morgan fingerprint density at radius 1 is 0.852 bits per heavy atom. The summed E-state index contributed by atoms with van der Waals surface area (Å²) in [4.78, 5) is 0. The Morgan fingerprint density at radius 2 is 1.59 bits per heavy atom. The van der Waals surface area contributed by atoms with Crippen molar-refractivity contribution in [3.8, 4) is 28.7 Å². The van der Waals surface area contributed by atoms with Crippen molar-refractivity contribution in [3.63, 3.8) is 0 Å². The second kappa shape index (κ2) is 7.63. The summed E-state index contributed by atoms with van der Waals surface area (Å²) in [5.74, 6) is 2.06. The molecule has 2 aromatic carbocycles. The highest BCUT2D eigenvalue weighted by atomic mass is 32.2. The highest BCUT2D eigenvalue weighted by Gasteiger charge is 2.20. The fraction of sp³-hybridized carbons (Fsp3) is 0.158. The first kappa shape index (κ1) is 17.3. The smallest absolute Gasteiger partial charge is 0.277 e. The zero-order valence-electron chi connectivity index (χ0n) is 14.7. The molecule has 0 amide bonds. The molecule has 0 saturated heterocycles. The first-order chi connectivity index (χ1) is 13.2. The van der Waals surface area contributed by atoms with Gasteiger partial charge in [0.05, 0.1) is 17.9 Å². The minimum atomic E-state index is -0.138. The number of methoxy groups -OCH3 is 1. The Morgan fingerprint density at radius 3 is 2.41 bits per heavy atom. The van der Waals surface area contributed by atoms with Crippen LogP contribution < -0.4 is 4.74 Å². The predicted molar refractivity (Wildman–Crippen MR) is 100 cm³/mol. The van der Waals surface area contributed by atoms with Gasteiger partial charge in [0.1, 0.15) is 5.75 Å². The monoisotopic (exact) mass is 380 g/mol. The lowest BCUT2D eigenvalue weighted by Crippen LogP contribution is -1.88. The number of hydrogen-bond donors (Lipinski definition) is 0. The predicted octanol–water partition coefficient (Wildman–Crippen LogP) is 4.65. The number of rotatable bonds is 6. The zero-order chi connectivity index (χ0) is 18.6. The minimum absolute atomic E-state index is 0.138. The van der Waals surface area contributed by atoms with Crippen molar-refractivity contribution in [3.05, 3.63) is 60.5 Å². The Bertz CT molecular complexity index is 1030. The first-order valence-corrected chi connectivity index (χ1v) is 9.15. The molecular formula is C19H16N4O3S. The molecular weight excluding hydrogens is 364 g/mol. The number of para-hydroxylation sites is 1. The lowest BCUT2D eigenvalue weighted by atomic mass is 10.2. The standard InChI is InChI=1S/C19H16N4O3S/c1-12(16-20-21-17(25-16)13-8-4-3-5-9-13)27-19-23-22-18(26-19)14-10-6-7-11-15(14)24-2/h3-12H,1-2H3. The van der Waals surface area contributed by atoms with Crippen molar-refractivity contribution in [2.45, 2.75) is 17.4 Å². The van der Waals surface area contributed by atoms with E-state index in [-0.39, 0.29) is 5.25 Å². The third kappa shape index (κ3) is 3.70. The van der Waals surface area contributed by atoms with Gasteiger partial charge in [0.15, 0.2) is 0 Å². The quantitative estimate of drug-likeness (QED) is 0.447. The van der Waals surface area contributed by atoms with E-state index in [1.165, 1.54) is 11.8 Å². The van der Waals surface area contributed by atoms with Crippen LogP contribution >= 0.6 is 11.8 Å². The molecule has 136 valence electrons. The zero-order valence-corrected chi connectivity index (χ0v) is 15.5. The van der Waals surface area contributed by atoms with Crippen LogP contribution in [0.5, 0.6) is 5.75 Å². The van der Waals surface area contributed by atoms with Crippen LogP contribution in [0.15, 0.2) is 68.7 Å². The number of aromatic nitrogens is 4. The Hall–Kier alpha value is -3.13. The van der Waals surface area contributed by atoms with Gasteiger partial charge in [0.2, 0.25) is 11.8 Å². The molecule has 0 N–H and O–H groups in total. The van der Waals surface area contributed by atoms with Gasteiger partial charge in [-0.3, -0.25) is 0 Å². The number of ether oxygens (including phenoxy) is 1. The van der Waals surface area contributed by atoms with E-state index in [4.69, 9.17) is 13.6 Å². The molecule has 0 fully saturated rings. The van der Waals surface area contributed by atoms with Gasteiger partial charge < -0.3 is 13.6 Å². The first-order valence-electron chi connectivity index (χ1n) is 8.27. The van der Waals surface area contributed by atoms with Gasteiger partial charge in [0.25, 0.3) is 11.1 Å². The number of nitrogens with zero attached hydrogens (tertiary/aromatic N) is 4. The van der Waals surface area contributed by atoms with E-state index in [2.05, 4.69) is 20.4 Å². The van der Waals surface area contributed by atoms with Crippen LogP contribution in [-0.4, -0.2) is 27.5 Å². The molecule has 1 unspecified atom stereocenters. The second-order valence-corrected chi connectivity index (χ2v) is 6.94. The van der Waals surface area contributed by atoms with Crippen molar-refractivity contribution in [1.82, 2.24) is 20.4 Å². The molecule has 4 aromatic rings. The normalized spacial score (nSPS) is 12.1. The maximum Gasteiger partial charge on any atom is 0.277 e. The van der Waals surface area contributed by atoms with E-state index >= 15 is 0 Å². The fourth-order valence-electron chi connectivity index (χ4n) is 2.49.